The Kier molecular flexibility index (Phi) is 6.59. The number of aryl methyl sites for hydroxylation is 1. The van der Waals surface area contributed by atoms with Gasteiger partial charge in [0.25, 0.3) is 5.91 Å². The monoisotopic (exact) mass is 418 g/mol. The number of para-hydroxylation sites is 1. The van der Waals surface area contributed by atoms with Gasteiger partial charge in [0.2, 0.25) is 5.91 Å². The van der Waals surface area contributed by atoms with E-state index in [2.05, 4.69) is 5.32 Å². The number of rotatable bonds is 6. The third-order valence-corrected chi connectivity index (χ3v) is 4.88. The van der Waals surface area contributed by atoms with E-state index in [4.69, 9.17) is 5.10 Å². The number of aromatic nitrogens is 2. The number of benzene rings is 2. The van der Waals surface area contributed by atoms with Crippen molar-refractivity contribution in [1.29, 1.82) is 0 Å². The second-order valence-corrected chi connectivity index (χ2v) is 8.60. The Bertz CT molecular complexity index is 1060. The average molecular weight is 419 g/mol. The SMILES string of the molecule is CCN(CC(=O)NC(C)(C)C)C(=O)c1cn(-c2ccccc2)nc1-c1ccccc1C. The second kappa shape index (κ2) is 9.16. The van der Waals surface area contributed by atoms with Crippen molar-refractivity contribution in [3.63, 3.8) is 0 Å². The molecule has 0 atom stereocenters. The third kappa shape index (κ3) is 5.40. The highest BCUT2D eigenvalue weighted by atomic mass is 16.2. The van der Waals surface area contributed by atoms with Crippen LogP contribution in [0.25, 0.3) is 16.9 Å². The highest BCUT2D eigenvalue weighted by molar-refractivity contribution is 6.01. The van der Waals surface area contributed by atoms with Crippen LogP contribution in [0, 0.1) is 6.92 Å². The molecule has 0 fully saturated rings. The van der Waals surface area contributed by atoms with Crippen LogP contribution in [-0.2, 0) is 4.79 Å². The Morgan fingerprint density at radius 3 is 2.29 bits per heavy atom. The molecule has 0 saturated carbocycles. The van der Waals surface area contributed by atoms with Crippen LogP contribution >= 0.6 is 0 Å². The molecule has 0 bridgehead atoms. The molecule has 6 nitrogen and oxygen atoms in total. The summed E-state index contributed by atoms with van der Waals surface area (Å²) in [7, 11) is 0. The Labute approximate surface area is 183 Å². The molecular weight excluding hydrogens is 388 g/mol. The summed E-state index contributed by atoms with van der Waals surface area (Å²) in [5.41, 5.74) is 3.53. The van der Waals surface area contributed by atoms with E-state index < -0.39 is 0 Å². The predicted octanol–water partition coefficient (Wildman–Crippen LogP) is 4.22. The third-order valence-electron chi connectivity index (χ3n) is 4.88. The van der Waals surface area contributed by atoms with Crippen molar-refractivity contribution in [3.05, 3.63) is 71.9 Å². The smallest absolute Gasteiger partial charge is 0.258 e. The standard InChI is InChI=1S/C25H30N4O2/c1-6-28(17-22(30)26-25(3,4)5)24(31)21-16-29(19-13-8-7-9-14-19)27-23(21)20-15-11-10-12-18(20)2/h7-16H,6,17H2,1-5H3,(H,26,30). The molecule has 162 valence electrons. The first-order valence-corrected chi connectivity index (χ1v) is 10.5. The molecule has 2 aromatic carbocycles. The van der Waals surface area contributed by atoms with Gasteiger partial charge >= 0.3 is 0 Å². The maximum atomic E-state index is 13.5. The molecule has 0 aliphatic heterocycles. The Morgan fingerprint density at radius 1 is 1.03 bits per heavy atom. The van der Waals surface area contributed by atoms with Crippen LogP contribution in [0.2, 0.25) is 0 Å². The maximum Gasteiger partial charge on any atom is 0.258 e. The van der Waals surface area contributed by atoms with Crippen molar-refractivity contribution in [2.75, 3.05) is 13.1 Å². The molecular formula is C25H30N4O2. The molecule has 0 spiro atoms. The van der Waals surface area contributed by atoms with Crippen molar-refractivity contribution in [2.45, 2.75) is 40.2 Å². The second-order valence-electron chi connectivity index (χ2n) is 8.60. The van der Waals surface area contributed by atoms with Crippen LogP contribution in [0.1, 0.15) is 43.6 Å². The van der Waals surface area contributed by atoms with Gasteiger partial charge in [-0.25, -0.2) is 4.68 Å². The summed E-state index contributed by atoms with van der Waals surface area (Å²) in [5.74, 6) is -0.400. The molecule has 1 heterocycles. The minimum absolute atomic E-state index is 0.00364. The number of carbonyl (C=O) groups excluding carboxylic acids is 2. The van der Waals surface area contributed by atoms with Gasteiger partial charge in [-0.3, -0.25) is 9.59 Å². The van der Waals surface area contributed by atoms with Crippen LogP contribution in [0.5, 0.6) is 0 Å². The van der Waals surface area contributed by atoms with E-state index in [1.54, 1.807) is 15.8 Å². The summed E-state index contributed by atoms with van der Waals surface area (Å²) in [5, 5.41) is 7.68. The zero-order valence-electron chi connectivity index (χ0n) is 18.8. The van der Waals surface area contributed by atoms with E-state index >= 15 is 0 Å². The topological polar surface area (TPSA) is 67.2 Å². The molecule has 1 N–H and O–H groups in total. The molecule has 0 unspecified atom stereocenters. The molecule has 2 amide bonds. The van der Waals surface area contributed by atoms with Gasteiger partial charge < -0.3 is 10.2 Å². The van der Waals surface area contributed by atoms with Gasteiger partial charge in [-0.15, -0.1) is 0 Å². The molecule has 6 heteroatoms. The predicted molar refractivity (Wildman–Crippen MR) is 123 cm³/mol. The first-order chi connectivity index (χ1) is 14.7. The lowest BCUT2D eigenvalue weighted by atomic mass is 10.0. The lowest BCUT2D eigenvalue weighted by molar-refractivity contribution is -0.123. The number of carbonyl (C=O) groups is 2. The lowest BCUT2D eigenvalue weighted by Crippen LogP contribution is -2.47. The Morgan fingerprint density at radius 2 is 1.68 bits per heavy atom. The highest BCUT2D eigenvalue weighted by Crippen LogP contribution is 2.27. The molecule has 0 aliphatic rings. The molecule has 0 radical (unpaired) electrons. The van der Waals surface area contributed by atoms with Crippen LogP contribution in [0.15, 0.2) is 60.8 Å². The van der Waals surface area contributed by atoms with Crippen LogP contribution in [0.4, 0.5) is 0 Å². The van der Waals surface area contributed by atoms with Crippen molar-refractivity contribution in [3.8, 4) is 16.9 Å². The fraction of sp³-hybridized carbons (Fsp3) is 0.320. The highest BCUT2D eigenvalue weighted by Gasteiger charge is 2.26. The molecule has 31 heavy (non-hydrogen) atoms. The number of hydrogen-bond acceptors (Lipinski definition) is 3. The largest absolute Gasteiger partial charge is 0.350 e. The van der Waals surface area contributed by atoms with Crippen molar-refractivity contribution in [2.24, 2.45) is 0 Å². The van der Waals surface area contributed by atoms with Gasteiger partial charge in [-0.05, 0) is 52.3 Å². The van der Waals surface area contributed by atoms with Gasteiger partial charge in [0.1, 0.15) is 5.69 Å². The fourth-order valence-corrected chi connectivity index (χ4v) is 3.41. The van der Waals surface area contributed by atoms with Crippen molar-refractivity contribution in [1.82, 2.24) is 20.0 Å². The summed E-state index contributed by atoms with van der Waals surface area (Å²) in [6, 6.07) is 17.5. The molecule has 0 aliphatic carbocycles. The first kappa shape index (κ1) is 22.3. The van der Waals surface area contributed by atoms with Gasteiger partial charge in [0.15, 0.2) is 0 Å². The zero-order valence-corrected chi connectivity index (χ0v) is 18.8. The summed E-state index contributed by atoms with van der Waals surface area (Å²) in [6.45, 7) is 10.0. The molecule has 3 rings (SSSR count). The van der Waals surface area contributed by atoms with E-state index in [9.17, 15) is 9.59 Å². The van der Waals surface area contributed by atoms with E-state index in [0.717, 1.165) is 16.8 Å². The van der Waals surface area contributed by atoms with Crippen LogP contribution in [0.3, 0.4) is 0 Å². The van der Waals surface area contributed by atoms with Gasteiger partial charge in [-0.2, -0.15) is 5.10 Å². The maximum absolute atomic E-state index is 13.5. The van der Waals surface area contributed by atoms with Gasteiger partial charge in [0, 0.05) is 23.8 Å². The van der Waals surface area contributed by atoms with E-state index in [1.807, 2.05) is 89.2 Å². The molecule has 0 saturated heterocycles. The lowest BCUT2D eigenvalue weighted by Gasteiger charge is -2.25. The number of hydrogen-bond donors (Lipinski definition) is 1. The Balaban J connectivity index is 2.01. The van der Waals surface area contributed by atoms with Crippen molar-refractivity contribution < 1.29 is 9.59 Å². The summed E-state index contributed by atoms with van der Waals surface area (Å²) in [4.78, 5) is 27.5. The zero-order chi connectivity index (χ0) is 22.6. The quantitative estimate of drug-likeness (QED) is 0.652. The number of nitrogens with zero attached hydrogens (tertiary/aromatic N) is 3. The minimum atomic E-state index is -0.357. The normalized spacial score (nSPS) is 11.3. The van der Waals surface area contributed by atoms with E-state index in [1.165, 1.54) is 0 Å². The summed E-state index contributed by atoms with van der Waals surface area (Å²) >= 11 is 0. The van der Waals surface area contributed by atoms with Crippen LogP contribution < -0.4 is 5.32 Å². The van der Waals surface area contributed by atoms with E-state index in [0.29, 0.717) is 17.8 Å². The first-order valence-electron chi connectivity index (χ1n) is 10.5. The van der Waals surface area contributed by atoms with Crippen LogP contribution in [-0.4, -0.2) is 45.1 Å². The van der Waals surface area contributed by atoms with E-state index in [-0.39, 0.29) is 23.9 Å². The molecule has 3 aromatic rings. The van der Waals surface area contributed by atoms with Crippen molar-refractivity contribution >= 4 is 11.8 Å². The summed E-state index contributed by atoms with van der Waals surface area (Å²) in [6.07, 6.45) is 1.75. The fourth-order valence-electron chi connectivity index (χ4n) is 3.41. The summed E-state index contributed by atoms with van der Waals surface area (Å²) < 4.78 is 1.72. The number of likely N-dealkylation sites (N-methyl/N-ethyl adjacent to an activating group) is 1. The molecule has 1 aromatic heterocycles. The Hall–Kier alpha value is -3.41. The number of nitrogens with one attached hydrogen (secondary N) is 1. The average Bonchev–Trinajstić information content (AvgIpc) is 3.16. The minimum Gasteiger partial charge on any atom is -0.350 e. The number of amides is 2. The van der Waals surface area contributed by atoms with Gasteiger partial charge in [-0.1, -0.05) is 42.5 Å². The van der Waals surface area contributed by atoms with Gasteiger partial charge in [0.05, 0.1) is 17.8 Å².